The maximum Gasteiger partial charge on any atom is 0.328 e. The van der Waals surface area contributed by atoms with Gasteiger partial charge in [0.25, 0.3) is 0 Å². The highest BCUT2D eigenvalue weighted by molar-refractivity contribution is 5.78. The molecule has 0 heterocycles. The Morgan fingerprint density at radius 2 is 1.81 bits per heavy atom. The van der Waals surface area contributed by atoms with Crippen LogP contribution >= 0.6 is 0 Å². The number of nitrogens with one attached hydrogen (secondary N) is 1. The molecular weight excluding hydrogens is 266 g/mol. The number of hydrogen-bond acceptors (Lipinski definition) is 4. The molecule has 1 atom stereocenters. The van der Waals surface area contributed by atoms with Crippen molar-refractivity contribution in [2.75, 3.05) is 6.54 Å². The van der Waals surface area contributed by atoms with Gasteiger partial charge in [0, 0.05) is 6.42 Å². The molecule has 0 aliphatic heterocycles. The fraction of sp³-hybridized carbons (Fsp3) is 0.529. The monoisotopic (exact) mass is 291 g/mol. The SMILES string of the molecule is CC(=O)CCCN[C@H](C(=O)OC(C)(C)C)c1ccccc1. The number of ether oxygens (including phenoxy) is 1. The summed E-state index contributed by atoms with van der Waals surface area (Å²) in [6.45, 7) is 7.72. The predicted octanol–water partition coefficient (Wildman–Crippen LogP) is 3.03. The lowest BCUT2D eigenvalue weighted by molar-refractivity contribution is -0.157. The highest BCUT2D eigenvalue weighted by atomic mass is 16.6. The molecule has 1 N–H and O–H groups in total. The van der Waals surface area contributed by atoms with Crippen LogP contribution in [-0.2, 0) is 14.3 Å². The molecule has 1 aromatic carbocycles. The van der Waals surface area contributed by atoms with E-state index in [2.05, 4.69) is 5.32 Å². The molecule has 0 radical (unpaired) electrons. The minimum atomic E-state index is -0.523. The minimum absolute atomic E-state index is 0.158. The van der Waals surface area contributed by atoms with E-state index < -0.39 is 11.6 Å². The highest BCUT2D eigenvalue weighted by Gasteiger charge is 2.25. The fourth-order valence-corrected chi connectivity index (χ4v) is 1.93. The molecule has 0 unspecified atom stereocenters. The Bertz CT molecular complexity index is 463. The molecule has 0 bridgehead atoms. The van der Waals surface area contributed by atoms with E-state index in [0.717, 1.165) is 5.56 Å². The van der Waals surface area contributed by atoms with Crippen LogP contribution in [0.4, 0.5) is 0 Å². The van der Waals surface area contributed by atoms with Crippen molar-refractivity contribution in [3.63, 3.8) is 0 Å². The van der Waals surface area contributed by atoms with Crippen LogP contribution in [0.15, 0.2) is 30.3 Å². The van der Waals surface area contributed by atoms with Crippen LogP contribution in [0.3, 0.4) is 0 Å². The van der Waals surface area contributed by atoms with Crippen LogP contribution in [0.25, 0.3) is 0 Å². The molecule has 1 rings (SSSR count). The Hall–Kier alpha value is -1.68. The molecule has 0 amide bonds. The summed E-state index contributed by atoms with van der Waals surface area (Å²) in [5, 5.41) is 3.19. The summed E-state index contributed by atoms with van der Waals surface area (Å²) >= 11 is 0. The second-order valence-electron chi connectivity index (χ2n) is 6.14. The van der Waals surface area contributed by atoms with Crippen molar-refractivity contribution in [2.24, 2.45) is 0 Å². The van der Waals surface area contributed by atoms with Gasteiger partial charge in [0.1, 0.15) is 17.4 Å². The molecule has 0 spiro atoms. The second kappa shape index (κ2) is 7.93. The van der Waals surface area contributed by atoms with Gasteiger partial charge in [-0.05, 0) is 46.2 Å². The van der Waals surface area contributed by atoms with Crippen molar-refractivity contribution in [3.05, 3.63) is 35.9 Å². The zero-order valence-electron chi connectivity index (χ0n) is 13.3. The summed E-state index contributed by atoms with van der Waals surface area (Å²) in [7, 11) is 0. The van der Waals surface area contributed by atoms with Gasteiger partial charge in [-0.25, -0.2) is 4.79 Å². The number of rotatable bonds is 7. The van der Waals surface area contributed by atoms with Crippen molar-refractivity contribution >= 4 is 11.8 Å². The molecule has 4 heteroatoms. The van der Waals surface area contributed by atoms with Crippen LogP contribution in [0, 0.1) is 0 Å². The van der Waals surface area contributed by atoms with Gasteiger partial charge in [-0.2, -0.15) is 0 Å². The summed E-state index contributed by atoms with van der Waals surface area (Å²) in [5.74, 6) is -0.137. The number of Topliss-reactive ketones (excluding diaryl/α,β-unsaturated/α-hetero) is 1. The molecule has 0 aromatic heterocycles. The van der Waals surface area contributed by atoms with E-state index in [1.807, 2.05) is 51.1 Å². The van der Waals surface area contributed by atoms with Gasteiger partial charge >= 0.3 is 5.97 Å². The van der Waals surface area contributed by atoms with E-state index in [4.69, 9.17) is 4.74 Å². The number of hydrogen-bond donors (Lipinski definition) is 1. The van der Waals surface area contributed by atoms with Crippen LogP contribution in [0.1, 0.15) is 52.1 Å². The summed E-state index contributed by atoms with van der Waals surface area (Å²) in [4.78, 5) is 23.3. The summed E-state index contributed by atoms with van der Waals surface area (Å²) < 4.78 is 5.46. The van der Waals surface area contributed by atoms with Crippen molar-refractivity contribution in [1.82, 2.24) is 5.32 Å². The predicted molar refractivity (Wildman–Crippen MR) is 82.9 cm³/mol. The van der Waals surface area contributed by atoms with Crippen LogP contribution in [-0.4, -0.2) is 23.9 Å². The number of carbonyl (C=O) groups excluding carboxylic acids is 2. The Morgan fingerprint density at radius 3 is 2.33 bits per heavy atom. The van der Waals surface area contributed by atoms with Gasteiger partial charge in [-0.1, -0.05) is 30.3 Å². The zero-order chi connectivity index (χ0) is 15.9. The van der Waals surface area contributed by atoms with E-state index >= 15 is 0 Å². The lowest BCUT2D eigenvalue weighted by Gasteiger charge is -2.25. The van der Waals surface area contributed by atoms with Gasteiger partial charge in [-0.15, -0.1) is 0 Å². The van der Waals surface area contributed by atoms with E-state index in [0.29, 0.717) is 19.4 Å². The van der Waals surface area contributed by atoms with Crippen molar-refractivity contribution in [2.45, 2.75) is 52.2 Å². The third-order valence-electron chi connectivity index (χ3n) is 2.83. The standard InChI is InChI=1S/C17H25NO3/c1-13(19)9-8-12-18-15(14-10-6-5-7-11-14)16(20)21-17(2,3)4/h5-7,10-11,15,18H,8-9,12H2,1-4H3/t15-/m0/s1. The summed E-state index contributed by atoms with van der Waals surface area (Å²) in [6.07, 6.45) is 1.23. The number of ketones is 1. The number of benzene rings is 1. The summed E-state index contributed by atoms with van der Waals surface area (Å²) in [5.41, 5.74) is 0.347. The minimum Gasteiger partial charge on any atom is -0.459 e. The highest BCUT2D eigenvalue weighted by Crippen LogP contribution is 2.18. The van der Waals surface area contributed by atoms with Gasteiger partial charge in [0.2, 0.25) is 0 Å². The average Bonchev–Trinajstić information content (AvgIpc) is 2.37. The van der Waals surface area contributed by atoms with Crippen LogP contribution < -0.4 is 5.32 Å². The van der Waals surface area contributed by atoms with Crippen LogP contribution in [0.2, 0.25) is 0 Å². The maximum atomic E-state index is 12.3. The fourth-order valence-electron chi connectivity index (χ4n) is 1.93. The molecule has 0 fully saturated rings. The smallest absolute Gasteiger partial charge is 0.328 e. The molecular formula is C17H25NO3. The molecule has 4 nitrogen and oxygen atoms in total. The number of carbonyl (C=O) groups is 2. The first-order chi connectivity index (χ1) is 9.79. The largest absolute Gasteiger partial charge is 0.459 e. The van der Waals surface area contributed by atoms with Gasteiger partial charge in [0.15, 0.2) is 0 Å². The molecule has 0 aliphatic carbocycles. The average molecular weight is 291 g/mol. The van der Waals surface area contributed by atoms with Crippen LogP contribution in [0.5, 0.6) is 0 Å². The quantitative estimate of drug-likeness (QED) is 0.620. The molecule has 1 aromatic rings. The molecule has 21 heavy (non-hydrogen) atoms. The second-order valence-corrected chi connectivity index (χ2v) is 6.14. The molecule has 0 saturated heterocycles. The first-order valence-corrected chi connectivity index (χ1v) is 7.30. The van der Waals surface area contributed by atoms with Crippen molar-refractivity contribution in [3.8, 4) is 0 Å². The van der Waals surface area contributed by atoms with E-state index in [1.165, 1.54) is 0 Å². The molecule has 0 aliphatic rings. The first kappa shape index (κ1) is 17.4. The lowest BCUT2D eigenvalue weighted by Crippen LogP contribution is -2.35. The third-order valence-corrected chi connectivity index (χ3v) is 2.83. The Morgan fingerprint density at radius 1 is 1.19 bits per heavy atom. The van der Waals surface area contributed by atoms with Crippen molar-refractivity contribution < 1.29 is 14.3 Å². The molecule has 0 saturated carbocycles. The molecule has 116 valence electrons. The van der Waals surface area contributed by atoms with Gasteiger partial charge in [0.05, 0.1) is 0 Å². The topological polar surface area (TPSA) is 55.4 Å². The van der Waals surface area contributed by atoms with E-state index in [-0.39, 0.29) is 11.8 Å². The zero-order valence-corrected chi connectivity index (χ0v) is 13.3. The van der Waals surface area contributed by atoms with Gasteiger partial charge in [-0.3, -0.25) is 0 Å². The third kappa shape index (κ3) is 7.04. The Kier molecular flexibility index (Phi) is 6.56. The van der Waals surface area contributed by atoms with E-state index in [1.54, 1.807) is 6.92 Å². The first-order valence-electron chi connectivity index (χ1n) is 7.30. The summed E-state index contributed by atoms with van der Waals surface area (Å²) in [6, 6.07) is 8.98. The normalized spacial score (nSPS) is 12.8. The van der Waals surface area contributed by atoms with Crippen molar-refractivity contribution in [1.29, 1.82) is 0 Å². The Labute approximate surface area is 126 Å². The van der Waals surface area contributed by atoms with Gasteiger partial charge < -0.3 is 14.8 Å². The van der Waals surface area contributed by atoms with E-state index in [9.17, 15) is 9.59 Å². The number of esters is 1. The lowest BCUT2D eigenvalue weighted by atomic mass is 10.1. The maximum absolute atomic E-state index is 12.3. The Balaban J connectivity index is 2.71.